The lowest BCUT2D eigenvalue weighted by Crippen LogP contribution is -2.08. The van der Waals surface area contributed by atoms with Gasteiger partial charge in [-0.05, 0) is 43.4 Å². The molecule has 2 nitrogen and oxygen atoms in total. The molecule has 3 rings (SSSR count). The normalized spacial score (nSPS) is 43.9. The lowest BCUT2D eigenvalue weighted by Gasteiger charge is -1.98. The van der Waals surface area contributed by atoms with Gasteiger partial charge in [-0.3, -0.25) is 4.79 Å². The van der Waals surface area contributed by atoms with Gasteiger partial charge in [-0.2, -0.15) is 0 Å². The Morgan fingerprint density at radius 2 is 2.00 bits per heavy atom. The third-order valence-corrected chi connectivity index (χ3v) is 3.79. The van der Waals surface area contributed by atoms with Gasteiger partial charge in [0.1, 0.15) is 0 Å². The molecule has 0 amide bonds. The molecule has 2 heteroatoms. The van der Waals surface area contributed by atoms with Crippen molar-refractivity contribution in [3.05, 3.63) is 0 Å². The van der Waals surface area contributed by atoms with Crippen LogP contribution in [0.25, 0.3) is 0 Å². The van der Waals surface area contributed by atoms with Gasteiger partial charge in [0.05, 0.1) is 12.5 Å². The SMILES string of the molecule is [2H]C1(C(=O)OCC)C2(CC2)C12CC2. The van der Waals surface area contributed by atoms with Crippen molar-refractivity contribution < 1.29 is 10.9 Å². The number of hydrogen-bond acceptors (Lipinski definition) is 2. The minimum Gasteiger partial charge on any atom is -0.466 e. The minimum atomic E-state index is -0.837. The van der Waals surface area contributed by atoms with E-state index in [9.17, 15) is 4.79 Å². The molecule has 0 aliphatic heterocycles. The number of ether oxygens (including phenoxy) is 1. The van der Waals surface area contributed by atoms with Crippen LogP contribution < -0.4 is 0 Å². The summed E-state index contributed by atoms with van der Waals surface area (Å²) in [4.78, 5) is 11.6. The minimum absolute atomic E-state index is 0.0756. The van der Waals surface area contributed by atoms with Gasteiger partial charge in [0.2, 0.25) is 0 Å². The van der Waals surface area contributed by atoms with Crippen LogP contribution >= 0.6 is 0 Å². The molecular weight excluding hydrogens is 152 g/mol. The van der Waals surface area contributed by atoms with Gasteiger partial charge in [-0.1, -0.05) is 0 Å². The van der Waals surface area contributed by atoms with Crippen molar-refractivity contribution in [2.24, 2.45) is 16.7 Å². The van der Waals surface area contributed by atoms with Gasteiger partial charge >= 0.3 is 5.97 Å². The second-order valence-corrected chi connectivity index (χ2v) is 4.26. The van der Waals surface area contributed by atoms with Crippen molar-refractivity contribution in [3.8, 4) is 0 Å². The van der Waals surface area contributed by atoms with Gasteiger partial charge in [0.15, 0.2) is 0 Å². The molecule has 3 aliphatic rings. The predicted octanol–water partition coefficient (Wildman–Crippen LogP) is 1.74. The Morgan fingerprint density at radius 1 is 1.50 bits per heavy atom. The molecule has 12 heavy (non-hydrogen) atoms. The van der Waals surface area contributed by atoms with Crippen LogP contribution in [0.15, 0.2) is 0 Å². The van der Waals surface area contributed by atoms with Crippen LogP contribution in [0.1, 0.15) is 34.0 Å². The summed E-state index contributed by atoms with van der Waals surface area (Å²) in [7, 11) is 0. The number of esters is 1. The van der Waals surface area contributed by atoms with E-state index in [0.29, 0.717) is 6.61 Å². The van der Waals surface area contributed by atoms with Gasteiger partial charge < -0.3 is 4.74 Å². The fourth-order valence-electron chi connectivity index (χ4n) is 2.94. The Kier molecular flexibility index (Phi) is 0.853. The molecule has 0 bridgehead atoms. The zero-order valence-corrected chi connectivity index (χ0v) is 7.35. The molecule has 0 aromatic heterocycles. The van der Waals surface area contributed by atoms with Crippen LogP contribution in [0.4, 0.5) is 0 Å². The first-order valence-corrected chi connectivity index (χ1v) is 4.82. The first-order chi connectivity index (χ1) is 6.15. The summed E-state index contributed by atoms with van der Waals surface area (Å²) in [5, 5.41) is 0. The second-order valence-electron chi connectivity index (χ2n) is 4.26. The Balaban J connectivity index is 1.88. The molecule has 0 saturated heterocycles. The zero-order chi connectivity index (χ0) is 9.32. The van der Waals surface area contributed by atoms with E-state index in [1.54, 1.807) is 0 Å². The molecule has 0 N–H and O–H groups in total. The Hall–Kier alpha value is -0.530. The molecule has 0 aromatic carbocycles. The summed E-state index contributed by atoms with van der Waals surface area (Å²) >= 11 is 0. The summed E-state index contributed by atoms with van der Waals surface area (Å²) in [6, 6.07) is 0. The average molecular weight is 167 g/mol. The molecular formula is C10H14O2. The van der Waals surface area contributed by atoms with Gasteiger partial charge in [0.25, 0.3) is 0 Å². The first-order valence-electron chi connectivity index (χ1n) is 5.32. The van der Waals surface area contributed by atoms with Crippen molar-refractivity contribution in [3.63, 3.8) is 0 Å². The maximum atomic E-state index is 11.6. The highest BCUT2D eigenvalue weighted by Gasteiger charge is 2.89. The number of hydrogen-bond donors (Lipinski definition) is 0. The predicted molar refractivity (Wildman–Crippen MR) is 43.5 cm³/mol. The van der Waals surface area contributed by atoms with Crippen molar-refractivity contribution in [1.29, 1.82) is 0 Å². The third kappa shape index (κ3) is 0.540. The zero-order valence-electron chi connectivity index (χ0n) is 8.35. The monoisotopic (exact) mass is 167 g/mol. The Bertz CT molecular complexity index is 271. The molecule has 0 aromatic rings. The van der Waals surface area contributed by atoms with Crippen LogP contribution in [0, 0.1) is 16.7 Å². The molecule has 66 valence electrons. The summed E-state index contributed by atoms with van der Waals surface area (Å²) in [5.41, 5.74) is 0.151. The third-order valence-electron chi connectivity index (χ3n) is 3.79. The summed E-state index contributed by atoms with van der Waals surface area (Å²) in [6.45, 7) is 2.22. The highest BCUT2D eigenvalue weighted by atomic mass is 16.5. The van der Waals surface area contributed by atoms with Gasteiger partial charge in [0, 0.05) is 1.37 Å². The van der Waals surface area contributed by atoms with Crippen molar-refractivity contribution in [1.82, 2.24) is 0 Å². The standard InChI is InChI=1S/C10H14O2/c1-2-12-8(11)7-9(3-4-9)10(7)5-6-10/h7H,2-6H2,1H3/i7D. The molecule has 0 radical (unpaired) electrons. The number of rotatable bonds is 2. The number of fused-ring (bicyclic) bond motifs is 1. The lowest BCUT2D eigenvalue weighted by atomic mass is 10.3. The molecule has 0 unspecified atom stereocenters. The number of carbonyl (C=O) groups is 1. The van der Waals surface area contributed by atoms with E-state index in [-0.39, 0.29) is 16.8 Å². The van der Waals surface area contributed by atoms with E-state index < -0.39 is 5.89 Å². The van der Waals surface area contributed by atoms with Crippen LogP contribution in [-0.2, 0) is 9.53 Å². The van der Waals surface area contributed by atoms with E-state index in [1.165, 1.54) is 0 Å². The van der Waals surface area contributed by atoms with E-state index in [4.69, 9.17) is 6.11 Å². The first kappa shape index (κ1) is 6.01. The van der Waals surface area contributed by atoms with Gasteiger partial charge in [-0.25, -0.2) is 0 Å². The number of carbonyl (C=O) groups excluding carboxylic acids is 1. The van der Waals surface area contributed by atoms with E-state index in [1.807, 2.05) is 6.92 Å². The second kappa shape index (κ2) is 1.70. The molecule has 2 spiro atoms. The Morgan fingerprint density at radius 3 is 2.33 bits per heavy atom. The quantitative estimate of drug-likeness (QED) is 0.585. The van der Waals surface area contributed by atoms with Crippen LogP contribution in [0.2, 0.25) is 0 Å². The topological polar surface area (TPSA) is 26.3 Å². The smallest absolute Gasteiger partial charge is 0.310 e. The van der Waals surface area contributed by atoms with Gasteiger partial charge in [-0.15, -0.1) is 0 Å². The van der Waals surface area contributed by atoms with E-state index >= 15 is 0 Å². The molecule has 3 saturated carbocycles. The van der Waals surface area contributed by atoms with Crippen LogP contribution in [0.3, 0.4) is 0 Å². The summed E-state index contributed by atoms with van der Waals surface area (Å²) in [5.74, 6) is -1.10. The summed E-state index contributed by atoms with van der Waals surface area (Å²) < 4.78 is 13.2. The van der Waals surface area contributed by atoms with Crippen LogP contribution in [-0.4, -0.2) is 12.6 Å². The fraction of sp³-hybridized carbons (Fsp3) is 0.900. The molecule has 3 fully saturated rings. The highest BCUT2D eigenvalue weighted by Crippen LogP contribution is 2.92. The maximum absolute atomic E-state index is 11.6. The molecule has 0 heterocycles. The van der Waals surface area contributed by atoms with E-state index in [2.05, 4.69) is 0 Å². The fourth-order valence-corrected chi connectivity index (χ4v) is 2.94. The molecule has 0 atom stereocenters. The molecule has 3 aliphatic carbocycles. The lowest BCUT2D eigenvalue weighted by molar-refractivity contribution is -0.145. The largest absolute Gasteiger partial charge is 0.466 e. The summed E-state index contributed by atoms with van der Waals surface area (Å²) in [6.07, 6.45) is 4.31. The van der Waals surface area contributed by atoms with Crippen molar-refractivity contribution in [2.45, 2.75) is 32.6 Å². The average Bonchev–Trinajstić information content (AvgIpc) is 2.95. The maximum Gasteiger partial charge on any atom is 0.310 e. The van der Waals surface area contributed by atoms with Crippen LogP contribution in [0.5, 0.6) is 0 Å². The van der Waals surface area contributed by atoms with Crippen molar-refractivity contribution in [2.75, 3.05) is 6.61 Å². The van der Waals surface area contributed by atoms with Crippen molar-refractivity contribution >= 4 is 5.97 Å². The van der Waals surface area contributed by atoms with E-state index in [0.717, 1.165) is 25.7 Å². The Labute approximate surface area is 73.7 Å². The highest BCUT2D eigenvalue weighted by molar-refractivity contribution is 5.81.